The summed E-state index contributed by atoms with van der Waals surface area (Å²) >= 11 is 6.48. The molecule has 3 aromatic carbocycles. The molecular formula is C31H29ClFN5O3. The van der Waals surface area contributed by atoms with Gasteiger partial charge in [0, 0.05) is 44.2 Å². The maximum Gasteiger partial charge on any atom is 0.248 e. The van der Waals surface area contributed by atoms with E-state index < -0.39 is 26.4 Å². The molecule has 0 saturated heterocycles. The second-order valence-corrected chi connectivity index (χ2v) is 9.06. The van der Waals surface area contributed by atoms with Gasteiger partial charge in [-0.15, -0.1) is 0 Å². The summed E-state index contributed by atoms with van der Waals surface area (Å²) in [5.41, 5.74) is 2.35. The van der Waals surface area contributed by atoms with Crippen LogP contribution in [0.4, 0.5) is 21.5 Å². The summed E-state index contributed by atoms with van der Waals surface area (Å²) in [5.74, 6) is -0.419. The lowest BCUT2D eigenvalue weighted by Crippen LogP contribution is -2.13. The van der Waals surface area contributed by atoms with E-state index in [9.17, 15) is 14.4 Å². The third-order valence-corrected chi connectivity index (χ3v) is 5.98. The second-order valence-electron chi connectivity index (χ2n) is 8.65. The fourth-order valence-corrected chi connectivity index (χ4v) is 4.11. The molecule has 0 unspecified atom stereocenters. The molecule has 0 saturated carbocycles. The first-order chi connectivity index (χ1) is 22.2. The van der Waals surface area contributed by atoms with Crippen LogP contribution in [0.1, 0.15) is 26.3 Å². The summed E-state index contributed by atoms with van der Waals surface area (Å²) in [5, 5.41) is 16.4. The smallest absolute Gasteiger partial charge is 0.248 e. The molecule has 8 nitrogen and oxygen atoms in total. The van der Waals surface area contributed by atoms with E-state index in [-0.39, 0.29) is 41.1 Å². The van der Waals surface area contributed by atoms with Gasteiger partial charge in [0.2, 0.25) is 5.91 Å². The lowest BCUT2D eigenvalue weighted by Gasteiger charge is -2.16. The standard InChI is InChI=1S/C31H29ClFN5O3/c1-4-40-29-16-26-24(15-27(29)37-30(39)9-6-12-38(2)3)31(21(17-34)18-35-26)36-23-10-11-28(25(32)14-23)41-19-20-7-5-8-22(33)13-20/h5-11,13-16,18H,4,12,19H2,1-3H3,(H,35,36)(H,37,39)/b9-6+/i2D3,3D3. The monoisotopic (exact) mass is 579 g/mol. The molecule has 1 amide bonds. The Hall–Kier alpha value is -4.65. The molecule has 0 radical (unpaired) electrons. The predicted molar refractivity (Wildman–Crippen MR) is 159 cm³/mol. The Labute approximate surface area is 251 Å². The van der Waals surface area contributed by atoms with Crippen LogP contribution < -0.4 is 20.1 Å². The molecule has 4 rings (SSSR count). The Morgan fingerprint density at radius 3 is 2.78 bits per heavy atom. The van der Waals surface area contributed by atoms with Crippen LogP contribution in [-0.4, -0.2) is 42.9 Å². The van der Waals surface area contributed by atoms with E-state index in [4.69, 9.17) is 29.3 Å². The number of ether oxygens (including phenoxy) is 2. The number of amides is 1. The highest BCUT2D eigenvalue weighted by Crippen LogP contribution is 2.37. The van der Waals surface area contributed by atoms with E-state index in [0.717, 1.165) is 12.2 Å². The number of nitrogens with zero attached hydrogens (tertiary/aromatic N) is 3. The molecule has 0 spiro atoms. The molecule has 1 heterocycles. The Morgan fingerprint density at radius 1 is 1.20 bits per heavy atom. The highest BCUT2D eigenvalue weighted by molar-refractivity contribution is 6.32. The van der Waals surface area contributed by atoms with E-state index in [1.807, 2.05) is 0 Å². The summed E-state index contributed by atoms with van der Waals surface area (Å²) in [6.45, 7) is -4.23. The number of carbonyl (C=O) groups excluding carboxylic acids is 1. The van der Waals surface area contributed by atoms with Crippen molar-refractivity contribution in [1.29, 1.82) is 5.26 Å². The highest BCUT2D eigenvalue weighted by Gasteiger charge is 2.16. The normalized spacial score (nSPS) is 13.8. The van der Waals surface area contributed by atoms with Crippen molar-refractivity contribution in [2.75, 3.05) is 37.7 Å². The van der Waals surface area contributed by atoms with Crippen molar-refractivity contribution in [2.45, 2.75) is 13.5 Å². The molecule has 0 fully saturated rings. The Balaban J connectivity index is 1.61. The van der Waals surface area contributed by atoms with E-state index >= 15 is 0 Å². The van der Waals surface area contributed by atoms with Gasteiger partial charge in [-0.1, -0.05) is 29.8 Å². The lowest BCUT2D eigenvalue weighted by atomic mass is 10.1. The van der Waals surface area contributed by atoms with Crippen molar-refractivity contribution in [3.8, 4) is 17.6 Å². The molecule has 0 aliphatic rings. The number of fused-ring (bicyclic) bond motifs is 1. The minimum absolute atomic E-state index is 0.0981. The largest absolute Gasteiger partial charge is 0.492 e. The van der Waals surface area contributed by atoms with Gasteiger partial charge in [-0.3, -0.25) is 9.78 Å². The zero-order valence-electron chi connectivity index (χ0n) is 27.9. The molecule has 2 N–H and O–H groups in total. The van der Waals surface area contributed by atoms with Crippen LogP contribution in [0.25, 0.3) is 10.9 Å². The number of pyridine rings is 1. The number of halogens is 2. The van der Waals surface area contributed by atoms with Gasteiger partial charge in [0.05, 0.1) is 34.1 Å². The maximum absolute atomic E-state index is 13.5. The minimum atomic E-state index is -2.90. The van der Waals surface area contributed by atoms with Crippen molar-refractivity contribution in [3.63, 3.8) is 0 Å². The minimum Gasteiger partial charge on any atom is -0.492 e. The number of benzene rings is 3. The van der Waals surface area contributed by atoms with Gasteiger partial charge in [0.15, 0.2) is 0 Å². The van der Waals surface area contributed by atoms with Crippen LogP contribution in [0.2, 0.25) is 5.02 Å². The van der Waals surface area contributed by atoms with Crippen LogP contribution in [0.15, 0.2) is 72.9 Å². The lowest BCUT2D eigenvalue weighted by molar-refractivity contribution is -0.111. The number of nitriles is 1. The molecule has 210 valence electrons. The van der Waals surface area contributed by atoms with Crippen molar-refractivity contribution in [3.05, 3.63) is 94.9 Å². The van der Waals surface area contributed by atoms with Crippen LogP contribution in [0.3, 0.4) is 0 Å². The fraction of sp³-hybridized carbons (Fsp3) is 0.194. The number of rotatable bonds is 11. The van der Waals surface area contributed by atoms with Gasteiger partial charge in [-0.25, -0.2) is 4.39 Å². The fourth-order valence-electron chi connectivity index (χ4n) is 3.88. The number of aromatic nitrogens is 1. The Morgan fingerprint density at radius 2 is 2.05 bits per heavy atom. The quantitative estimate of drug-likeness (QED) is 0.191. The molecule has 0 bridgehead atoms. The third-order valence-electron chi connectivity index (χ3n) is 5.69. The second kappa shape index (κ2) is 13.6. The molecule has 1 aromatic heterocycles. The molecule has 0 atom stereocenters. The average Bonchev–Trinajstić information content (AvgIpc) is 2.98. The van der Waals surface area contributed by atoms with E-state index in [1.54, 1.807) is 49.4 Å². The van der Waals surface area contributed by atoms with Crippen molar-refractivity contribution in [1.82, 2.24) is 9.88 Å². The zero-order chi connectivity index (χ0) is 34.4. The molecule has 0 aliphatic heterocycles. The SMILES string of the molecule is [2H]C([2H])([2H])N(C/C=C/C(=O)Nc1cc2c(Nc3ccc(OCc4cccc(F)c4)c(Cl)c3)c(C#N)cnc2cc1OCC)C([2H])([2H])[2H]. The predicted octanol–water partition coefficient (Wildman–Crippen LogP) is 6.68. The van der Waals surface area contributed by atoms with Gasteiger partial charge >= 0.3 is 0 Å². The van der Waals surface area contributed by atoms with Crippen LogP contribution in [-0.2, 0) is 11.4 Å². The summed E-state index contributed by atoms with van der Waals surface area (Å²) in [4.78, 5) is 17.5. The number of nitrogens with one attached hydrogen (secondary N) is 2. The number of hydrogen-bond donors (Lipinski definition) is 2. The van der Waals surface area contributed by atoms with Gasteiger partial charge in [-0.2, -0.15) is 5.26 Å². The molecule has 10 heteroatoms. The van der Waals surface area contributed by atoms with Crippen LogP contribution in [0, 0.1) is 17.1 Å². The first-order valence-electron chi connectivity index (χ1n) is 15.4. The number of hydrogen-bond acceptors (Lipinski definition) is 7. The first-order valence-corrected chi connectivity index (χ1v) is 12.8. The van der Waals surface area contributed by atoms with Crippen LogP contribution >= 0.6 is 11.6 Å². The first kappa shape index (κ1) is 22.1. The van der Waals surface area contributed by atoms with Gasteiger partial charge < -0.3 is 25.0 Å². The van der Waals surface area contributed by atoms with E-state index in [1.165, 1.54) is 18.3 Å². The molecular weight excluding hydrogens is 545 g/mol. The average molecular weight is 580 g/mol. The van der Waals surface area contributed by atoms with E-state index in [2.05, 4.69) is 21.7 Å². The van der Waals surface area contributed by atoms with E-state index in [0.29, 0.717) is 38.5 Å². The van der Waals surface area contributed by atoms with Gasteiger partial charge in [0.25, 0.3) is 0 Å². The summed E-state index contributed by atoms with van der Waals surface area (Å²) in [6, 6.07) is 16.2. The van der Waals surface area contributed by atoms with Gasteiger partial charge in [-0.05, 0) is 62.8 Å². The molecule has 0 aliphatic carbocycles. The summed E-state index contributed by atoms with van der Waals surface area (Å²) in [6.07, 6.45) is 3.54. The number of carbonyl (C=O) groups is 1. The maximum atomic E-state index is 13.5. The molecule has 41 heavy (non-hydrogen) atoms. The van der Waals surface area contributed by atoms with Crippen molar-refractivity contribution in [2.24, 2.45) is 0 Å². The topological polar surface area (TPSA) is 99.5 Å². The summed E-state index contributed by atoms with van der Waals surface area (Å²) in [7, 11) is 0. The molecule has 4 aromatic rings. The zero-order valence-corrected chi connectivity index (χ0v) is 22.6. The number of likely N-dealkylation sites (N-methyl/N-ethyl adjacent to an activating group) is 1. The summed E-state index contributed by atoms with van der Waals surface area (Å²) < 4.78 is 69.8. The van der Waals surface area contributed by atoms with Crippen molar-refractivity contribution < 1.29 is 26.9 Å². The Bertz CT molecular complexity index is 1830. The number of anilines is 3. The Kier molecular flexibility index (Phi) is 7.33. The van der Waals surface area contributed by atoms with Crippen molar-refractivity contribution >= 4 is 45.5 Å². The third kappa shape index (κ3) is 7.72. The van der Waals surface area contributed by atoms with Gasteiger partial charge in [0.1, 0.15) is 30.0 Å². The van der Waals surface area contributed by atoms with Crippen LogP contribution in [0.5, 0.6) is 11.5 Å². The highest BCUT2D eigenvalue weighted by atomic mass is 35.5.